The van der Waals surface area contributed by atoms with E-state index >= 15 is 0 Å². The van der Waals surface area contributed by atoms with Gasteiger partial charge in [0.25, 0.3) is 11.6 Å². The van der Waals surface area contributed by atoms with E-state index in [4.69, 9.17) is 9.47 Å². The van der Waals surface area contributed by atoms with Crippen LogP contribution in [0.3, 0.4) is 0 Å². The molecule has 3 heterocycles. The molecule has 0 spiro atoms. The Morgan fingerprint density at radius 2 is 1.65 bits per heavy atom. The minimum atomic E-state index is -0.681. The molecule has 49 heavy (non-hydrogen) atoms. The first-order valence-electron chi connectivity index (χ1n) is 16.3. The Labute approximate surface area is 283 Å². The Hall–Kier alpha value is -5.27. The van der Waals surface area contributed by atoms with Gasteiger partial charge in [0.2, 0.25) is 0 Å². The number of aromatic nitrogens is 2. The van der Waals surface area contributed by atoms with Crippen molar-refractivity contribution in [1.29, 1.82) is 0 Å². The predicted molar refractivity (Wildman–Crippen MR) is 184 cm³/mol. The van der Waals surface area contributed by atoms with Gasteiger partial charge in [0, 0.05) is 68.2 Å². The van der Waals surface area contributed by atoms with Gasteiger partial charge in [-0.3, -0.25) is 24.8 Å². The molecule has 2 N–H and O–H groups in total. The number of ether oxygens (including phenoxy) is 2. The monoisotopic (exact) mass is 660 g/mol. The number of piperazine rings is 1. The maximum atomic E-state index is 13.1. The number of nitrogens with zero attached hydrogens (tertiary/aromatic N) is 5. The van der Waals surface area contributed by atoms with Crippen LogP contribution in [0.5, 0.6) is 0 Å². The van der Waals surface area contributed by atoms with Crippen LogP contribution in [0.15, 0.2) is 103 Å². The summed E-state index contributed by atoms with van der Waals surface area (Å²) >= 11 is 0. The number of para-hydroxylation sites is 2. The van der Waals surface area contributed by atoms with Crippen LogP contribution in [-0.2, 0) is 16.1 Å². The fourth-order valence-corrected chi connectivity index (χ4v) is 6.32. The van der Waals surface area contributed by atoms with Gasteiger partial charge in [0.05, 0.1) is 41.0 Å². The maximum Gasteiger partial charge on any atom is 0.275 e. The van der Waals surface area contributed by atoms with Gasteiger partial charge in [-0.05, 0) is 47.5 Å². The lowest BCUT2D eigenvalue weighted by atomic mass is 9.99. The zero-order chi connectivity index (χ0) is 33.7. The first-order valence-corrected chi connectivity index (χ1v) is 16.3. The number of nitro groups is 1. The van der Waals surface area contributed by atoms with E-state index in [1.807, 2.05) is 72.8 Å². The van der Waals surface area contributed by atoms with Crippen molar-refractivity contribution in [2.75, 3.05) is 42.9 Å². The number of nitro benzene ring substituents is 1. The summed E-state index contributed by atoms with van der Waals surface area (Å²) in [6.07, 6.45) is 1.05. The minimum absolute atomic E-state index is 0.0324. The molecule has 4 aromatic carbocycles. The van der Waals surface area contributed by atoms with E-state index in [2.05, 4.69) is 25.1 Å². The molecule has 0 aliphatic carbocycles. The number of aliphatic hydroxyl groups is 1. The van der Waals surface area contributed by atoms with Gasteiger partial charge in [-0.15, -0.1) is 0 Å². The molecule has 1 aromatic heterocycles. The fourth-order valence-electron chi connectivity index (χ4n) is 6.32. The number of amides is 1. The van der Waals surface area contributed by atoms with E-state index in [9.17, 15) is 20.0 Å². The van der Waals surface area contributed by atoms with Crippen molar-refractivity contribution < 1.29 is 24.3 Å². The summed E-state index contributed by atoms with van der Waals surface area (Å²) in [6.45, 7) is 3.89. The van der Waals surface area contributed by atoms with Crippen LogP contribution in [0.25, 0.3) is 11.0 Å². The number of hydrogen-bond acceptors (Lipinski definition) is 10. The predicted octanol–water partition coefficient (Wildman–Crippen LogP) is 5.65. The first kappa shape index (κ1) is 32.3. The topological polar surface area (TPSA) is 143 Å². The average molecular weight is 661 g/mol. The number of benzene rings is 4. The summed E-state index contributed by atoms with van der Waals surface area (Å²) in [5.74, 6) is -0.367. The quantitative estimate of drug-likeness (QED) is 0.150. The van der Waals surface area contributed by atoms with Crippen LogP contribution in [0.1, 0.15) is 46.0 Å². The number of carbonyl (C=O) groups excluding carboxylic acids is 1. The lowest BCUT2D eigenvalue weighted by molar-refractivity contribution is -0.384. The number of nitrogens with one attached hydrogen (secondary N) is 1. The van der Waals surface area contributed by atoms with Gasteiger partial charge >= 0.3 is 0 Å². The van der Waals surface area contributed by atoms with E-state index in [1.165, 1.54) is 6.20 Å². The molecule has 0 bridgehead atoms. The normalized spacial score (nSPS) is 19.9. The number of anilines is 2. The summed E-state index contributed by atoms with van der Waals surface area (Å²) < 4.78 is 13.1. The largest absolute Gasteiger partial charge is 0.392 e. The number of carbonyl (C=O) groups is 1. The standard InChI is InChI=1S/C37H36N6O6/c44-24-25-8-10-26(11-9-25)35-21-31(23-41-16-18-42(19-17-41)29-12-14-30(15-13-29)43(46)47)48-37(49-35)27-4-3-5-28(20-27)39-36(45)34-22-38-32-6-1-2-7-33(32)40-34/h1-15,20,22,31,35,37,44H,16-19,21,23-24H2,(H,39,45). The lowest BCUT2D eigenvalue weighted by Crippen LogP contribution is -2.49. The highest BCUT2D eigenvalue weighted by atomic mass is 16.7. The van der Waals surface area contributed by atoms with Gasteiger partial charge in [0.15, 0.2) is 6.29 Å². The van der Waals surface area contributed by atoms with Crippen molar-refractivity contribution in [3.05, 3.63) is 136 Å². The highest BCUT2D eigenvalue weighted by Gasteiger charge is 2.34. The molecule has 0 radical (unpaired) electrons. The number of aliphatic hydroxyl groups excluding tert-OH is 1. The molecule has 2 fully saturated rings. The molecule has 12 heteroatoms. The second-order valence-corrected chi connectivity index (χ2v) is 12.2. The molecule has 3 unspecified atom stereocenters. The van der Waals surface area contributed by atoms with Crippen LogP contribution in [-0.4, -0.2) is 69.6 Å². The molecule has 12 nitrogen and oxygen atoms in total. The summed E-state index contributed by atoms with van der Waals surface area (Å²) in [5, 5.41) is 23.6. The molecule has 2 saturated heterocycles. The Morgan fingerprint density at radius 3 is 2.39 bits per heavy atom. The minimum Gasteiger partial charge on any atom is -0.392 e. The Kier molecular flexibility index (Phi) is 9.53. The summed E-state index contributed by atoms with van der Waals surface area (Å²) in [7, 11) is 0. The summed E-state index contributed by atoms with van der Waals surface area (Å²) in [4.78, 5) is 37.3. The van der Waals surface area contributed by atoms with Crippen molar-refractivity contribution in [3.63, 3.8) is 0 Å². The number of rotatable bonds is 9. The van der Waals surface area contributed by atoms with E-state index in [-0.39, 0.29) is 41.0 Å². The number of hydrogen-bond donors (Lipinski definition) is 2. The van der Waals surface area contributed by atoms with Crippen LogP contribution in [0.4, 0.5) is 17.1 Å². The number of non-ortho nitro benzene ring substituents is 1. The fraction of sp³-hybridized carbons (Fsp3) is 0.270. The molecule has 3 atom stereocenters. The highest BCUT2D eigenvalue weighted by Crippen LogP contribution is 2.39. The van der Waals surface area contributed by atoms with Crippen molar-refractivity contribution in [2.24, 2.45) is 0 Å². The third-order valence-electron chi connectivity index (χ3n) is 8.97. The van der Waals surface area contributed by atoms with Gasteiger partial charge in [-0.2, -0.15) is 0 Å². The summed E-state index contributed by atoms with van der Waals surface area (Å²) in [6, 6.07) is 29.3. The first-order chi connectivity index (χ1) is 23.9. The smallest absolute Gasteiger partial charge is 0.275 e. The molecule has 1 amide bonds. The molecular formula is C37H36N6O6. The second-order valence-electron chi connectivity index (χ2n) is 12.2. The molecule has 2 aliphatic rings. The Morgan fingerprint density at radius 1 is 0.898 bits per heavy atom. The van der Waals surface area contributed by atoms with Gasteiger partial charge in [-0.25, -0.2) is 4.98 Å². The zero-order valence-electron chi connectivity index (χ0n) is 26.7. The third-order valence-corrected chi connectivity index (χ3v) is 8.97. The molecular weight excluding hydrogens is 624 g/mol. The SMILES string of the molecule is O=C(Nc1cccc(C2OC(CN3CCN(c4ccc([N+](=O)[O-])cc4)CC3)CC(c3ccc(CO)cc3)O2)c1)c1cnc2ccccc2n1. The van der Waals surface area contributed by atoms with Gasteiger partial charge in [0.1, 0.15) is 5.69 Å². The third kappa shape index (κ3) is 7.58. The van der Waals surface area contributed by atoms with Crippen LogP contribution in [0.2, 0.25) is 0 Å². The maximum absolute atomic E-state index is 13.1. The lowest BCUT2D eigenvalue weighted by Gasteiger charge is -2.41. The van der Waals surface area contributed by atoms with Crippen LogP contribution >= 0.6 is 0 Å². The summed E-state index contributed by atoms with van der Waals surface area (Å²) in [5.41, 5.74) is 5.81. The van der Waals surface area contributed by atoms with E-state index in [1.54, 1.807) is 24.3 Å². The van der Waals surface area contributed by atoms with Crippen LogP contribution < -0.4 is 10.2 Å². The molecule has 0 saturated carbocycles. The van der Waals surface area contributed by atoms with Crippen molar-refractivity contribution >= 4 is 34.0 Å². The number of fused-ring (bicyclic) bond motifs is 1. The second kappa shape index (κ2) is 14.5. The highest BCUT2D eigenvalue weighted by molar-refractivity contribution is 6.03. The zero-order valence-corrected chi connectivity index (χ0v) is 26.7. The molecule has 2 aliphatic heterocycles. The Balaban J connectivity index is 1.05. The van der Waals surface area contributed by atoms with E-state index in [0.29, 0.717) is 29.7 Å². The van der Waals surface area contributed by atoms with E-state index in [0.717, 1.165) is 48.6 Å². The molecule has 7 rings (SSSR count). The van der Waals surface area contributed by atoms with Crippen molar-refractivity contribution in [2.45, 2.75) is 31.5 Å². The van der Waals surface area contributed by atoms with Crippen molar-refractivity contribution in [3.8, 4) is 0 Å². The molecule has 5 aromatic rings. The average Bonchev–Trinajstić information content (AvgIpc) is 3.15. The van der Waals surface area contributed by atoms with Crippen LogP contribution in [0, 0.1) is 10.1 Å². The van der Waals surface area contributed by atoms with Gasteiger partial charge < -0.3 is 24.8 Å². The molecule has 250 valence electrons. The Bertz CT molecular complexity index is 1930. The van der Waals surface area contributed by atoms with Crippen molar-refractivity contribution in [1.82, 2.24) is 14.9 Å². The van der Waals surface area contributed by atoms with E-state index < -0.39 is 6.29 Å². The van der Waals surface area contributed by atoms with Gasteiger partial charge in [-0.1, -0.05) is 48.5 Å².